The molecule has 0 spiro atoms. The molecule has 0 radical (unpaired) electrons. The summed E-state index contributed by atoms with van der Waals surface area (Å²) < 4.78 is 0. The standard InChI is InChI=1S/C20H27N3O/c1-14(2)16-6-8-17(9-7-16)22-18-5-4-10-23(13-18)20(24)19-11-15(3)12-21-19/h6-9,11-12,14,18,21-22H,4-5,10,13H2,1-3H3/t18-/m1/s1. The Kier molecular flexibility index (Phi) is 4.93. The van der Waals surface area contributed by atoms with Gasteiger partial charge in [0.2, 0.25) is 0 Å². The molecule has 128 valence electrons. The minimum Gasteiger partial charge on any atom is -0.381 e. The average Bonchev–Trinajstić information content (AvgIpc) is 3.01. The van der Waals surface area contributed by atoms with Crippen LogP contribution in [0, 0.1) is 6.92 Å². The number of amides is 1. The number of carbonyl (C=O) groups is 1. The highest BCUT2D eigenvalue weighted by Crippen LogP contribution is 2.21. The number of nitrogens with one attached hydrogen (secondary N) is 2. The average molecular weight is 325 g/mol. The van der Waals surface area contributed by atoms with Crippen molar-refractivity contribution in [2.45, 2.75) is 45.6 Å². The number of benzene rings is 1. The molecule has 24 heavy (non-hydrogen) atoms. The molecule has 1 saturated heterocycles. The maximum absolute atomic E-state index is 12.6. The molecule has 1 amide bonds. The number of aryl methyl sites for hydroxylation is 1. The van der Waals surface area contributed by atoms with Crippen LogP contribution in [0.1, 0.15) is 54.2 Å². The number of rotatable bonds is 4. The lowest BCUT2D eigenvalue weighted by Crippen LogP contribution is -2.45. The van der Waals surface area contributed by atoms with Crippen molar-refractivity contribution >= 4 is 11.6 Å². The Bertz CT molecular complexity index is 687. The first kappa shape index (κ1) is 16.6. The summed E-state index contributed by atoms with van der Waals surface area (Å²) in [4.78, 5) is 17.6. The molecule has 0 unspecified atom stereocenters. The molecule has 2 N–H and O–H groups in total. The molecule has 0 bridgehead atoms. The maximum Gasteiger partial charge on any atom is 0.270 e. The lowest BCUT2D eigenvalue weighted by molar-refractivity contribution is 0.0709. The van der Waals surface area contributed by atoms with Gasteiger partial charge in [0, 0.05) is 31.0 Å². The molecule has 1 aliphatic heterocycles. The monoisotopic (exact) mass is 325 g/mol. The fraction of sp³-hybridized carbons (Fsp3) is 0.450. The summed E-state index contributed by atoms with van der Waals surface area (Å²) in [7, 11) is 0. The van der Waals surface area contributed by atoms with Gasteiger partial charge in [-0.15, -0.1) is 0 Å². The second kappa shape index (κ2) is 7.12. The number of anilines is 1. The Morgan fingerprint density at radius 3 is 2.67 bits per heavy atom. The summed E-state index contributed by atoms with van der Waals surface area (Å²) in [5.41, 5.74) is 4.27. The smallest absolute Gasteiger partial charge is 0.270 e. The second-order valence-corrected chi connectivity index (χ2v) is 7.10. The third-order valence-corrected chi connectivity index (χ3v) is 4.71. The van der Waals surface area contributed by atoms with E-state index in [0.717, 1.165) is 37.2 Å². The third kappa shape index (κ3) is 3.81. The van der Waals surface area contributed by atoms with E-state index in [1.165, 1.54) is 5.56 Å². The highest BCUT2D eigenvalue weighted by molar-refractivity contribution is 5.92. The van der Waals surface area contributed by atoms with Gasteiger partial charge in [-0.1, -0.05) is 26.0 Å². The normalized spacial score (nSPS) is 18.0. The van der Waals surface area contributed by atoms with Gasteiger partial charge in [0.15, 0.2) is 0 Å². The minimum absolute atomic E-state index is 0.102. The lowest BCUT2D eigenvalue weighted by Gasteiger charge is -2.33. The van der Waals surface area contributed by atoms with Gasteiger partial charge in [-0.05, 0) is 55.0 Å². The van der Waals surface area contributed by atoms with E-state index in [1.54, 1.807) is 0 Å². The Balaban J connectivity index is 1.62. The first-order chi connectivity index (χ1) is 11.5. The van der Waals surface area contributed by atoms with Crippen molar-refractivity contribution in [2.75, 3.05) is 18.4 Å². The van der Waals surface area contributed by atoms with Crippen molar-refractivity contribution in [2.24, 2.45) is 0 Å². The van der Waals surface area contributed by atoms with E-state index in [1.807, 2.05) is 24.1 Å². The number of aromatic nitrogens is 1. The minimum atomic E-state index is 0.102. The summed E-state index contributed by atoms with van der Waals surface area (Å²) in [6.45, 7) is 7.99. The van der Waals surface area contributed by atoms with Gasteiger partial charge in [-0.2, -0.15) is 0 Å². The Morgan fingerprint density at radius 1 is 1.29 bits per heavy atom. The summed E-state index contributed by atoms with van der Waals surface area (Å²) in [6, 6.07) is 10.9. The van der Waals surface area contributed by atoms with Crippen molar-refractivity contribution < 1.29 is 4.79 Å². The van der Waals surface area contributed by atoms with Gasteiger partial charge in [0.25, 0.3) is 5.91 Å². The predicted molar refractivity (Wildman–Crippen MR) is 98.6 cm³/mol. The number of hydrogen-bond donors (Lipinski definition) is 2. The van der Waals surface area contributed by atoms with Gasteiger partial charge in [-0.25, -0.2) is 0 Å². The van der Waals surface area contributed by atoms with Crippen LogP contribution in [0.4, 0.5) is 5.69 Å². The van der Waals surface area contributed by atoms with Crippen molar-refractivity contribution in [1.82, 2.24) is 9.88 Å². The van der Waals surface area contributed by atoms with E-state index in [9.17, 15) is 4.79 Å². The molecular weight excluding hydrogens is 298 g/mol. The van der Waals surface area contributed by atoms with Gasteiger partial charge in [0.1, 0.15) is 5.69 Å². The van der Waals surface area contributed by atoms with Gasteiger partial charge >= 0.3 is 0 Å². The molecule has 1 aromatic carbocycles. The summed E-state index contributed by atoms with van der Waals surface area (Å²) >= 11 is 0. The largest absolute Gasteiger partial charge is 0.381 e. The van der Waals surface area contributed by atoms with E-state index in [0.29, 0.717) is 17.7 Å². The first-order valence-electron chi connectivity index (χ1n) is 8.83. The highest BCUT2D eigenvalue weighted by Gasteiger charge is 2.25. The topological polar surface area (TPSA) is 48.1 Å². The van der Waals surface area contributed by atoms with Crippen LogP contribution in [0.25, 0.3) is 0 Å². The zero-order valence-corrected chi connectivity index (χ0v) is 14.8. The Morgan fingerprint density at radius 2 is 2.04 bits per heavy atom. The molecule has 2 heterocycles. The molecule has 4 heteroatoms. The Hall–Kier alpha value is -2.23. The Labute approximate surface area is 144 Å². The highest BCUT2D eigenvalue weighted by atomic mass is 16.2. The maximum atomic E-state index is 12.6. The fourth-order valence-corrected chi connectivity index (χ4v) is 3.28. The molecule has 1 aromatic heterocycles. The number of nitrogens with zero attached hydrogens (tertiary/aromatic N) is 1. The quantitative estimate of drug-likeness (QED) is 0.886. The number of aromatic amines is 1. The molecule has 3 rings (SSSR count). The van der Waals surface area contributed by atoms with Crippen molar-refractivity contribution in [3.63, 3.8) is 0 Å². The van der Waals surface area contributed by atoms with Crippen LogP contribution in [0.2, 0.25) is 0 Å². The SMILES string of the molecule is Cc1c[nH]c(C(=O)N2CCC[C@@H](Nc3ccc(C(C)C)cc3)C2)c1. The van der Waals surface area contributed by atoms with Crippen molar-refractivity contribution in [3.05, 3.63) is 53.3 Å². The van der Waals surface area contributed by atoms with Crippen molar-refractivity contribution in [3.8, 4) is 0 Å². The predicted octanol–water partition coefficient (Wildman–Crippen LogP) is 4.16. The van der Waals surface area contributed by atoms with E-state index in [2.05, 4.69) is 48.4 Å². The zero-order valence-electron chi connectivity index (χ0n) is 14.8. The van der Waals surface area contributed by atoms with E-state index < -0.39 is 0 Å². The van der Waals surface area contributed by atoms with Crippen LogP contribution in [0.15, 0.2) is 36.5 Å². The second-order valence-electron chi connectivity index (χ2n) is 7.10. The molecule has 4 nitrogen and oxygen atoms in total. The zero-order chi connectivity index (χ0) is 17.1. The van der Waals surface area contributed by atoms with Crippen LogP contribution in [0.3, 0.4) is 0 Å². The molecule has 1 fully saturated rings. The van der Waals surface area contributed by atoms with Gasteiger partial charge in [0.05, 0.1) is 0 Å². The number of piperidine rings is 1. The number of hydrogen-bond acceptors (Lipinski definition) is 2. The molecule has 0 saturated carbocycles. The molecule has 1 aliphatic rings. The van der Waals surface area contributed by atoms with Crippen LogP contribution in [-0.4, -0.2) is 34.9 Å². The van der Waals surface area contributed by atoms with Crippen molar-refractivity contribution in [1.29, 1.82) is 0 Å². The lowest BCUT2D eigenvalue weighted by atomic mass is 10.0. The number of likely N-dealkylation sites (tertiary alicyclic amines) is 1. The number of carbonyl (C=O) groups excluding carboxylic acids is 1. The van der Waals surface area contributed by atoms with Crippen LogP contribution < -0.4 is 5.32 Å². The van der Waals surface area contributed by atoms with E-state index in [4.69, 9.17) is 0 Å². The summed E-state index contributed by atoms with van der Waals surface area (Å²) in [5, 5.41) is 3.58. The van der Waals surface area contributed by atoms with Gasteiger partial charge < -0.3 is 15.2 Å². The van der Waals surface area contributed by atoms with Crippen LogP contribution >= 0.6 is 0 Å². The van der Waals surface area contributed by atoms with Gasteiger partial charge in [-0.3, -0.25) is 4.79 Å². The van der Waals surface area contributed by atoms with Crippen LogP contribution in [-0.2, 0) is 0 Å². The summed E-state index contributed by atoms with van der Waals surface area (Å²) in [5.74, 6) is 0.649. The molecule has 0 aliphatic carbocycles. The third-order valence-electron chi connectivity index (χ3n) is 4.71. The fourth-order valence-electron chi connectivity index (χ4n) is 3.28. The first-order valence-corrected chi connectivity index (χ1v) is 8.83. The van der Waals surface area contributed by atoms with E-state index in [-0.39, 0.29) is 5.91 Å². The number of H-pyrrole nitrogens is 1. The van der Waals surface area contributed by atoms with Crippen LogP contribution in [0.5, 0.6) is 0 Å². The molecule has 2 aromatic rings. The molecule has 1 atom stereocenters. The van der Waals surface area contributed by atoms with E-state index >= 15 is 0 Å². The molecular formula is C20H27N3O. The summed E-state index contributed by atoms with van der Waals surface area (Å²) in [6.07, 6.45) is 4.01.